The molecule has 1 aromatic carbocycles. The third-order valence-electron chi connectivity index (χ3n) is 2.72. The fraction of sp³-hybridized carbons (Fsp3) is 0.286. The molecule has 2 aromatic rings. The van der Waals surface area contributed by atoms with Crippen LogP contribution in [-0.4, -0.2) is 0 Å². The summed E-state index contributed by atoms with van der Waals surface area (Å²) in [5.74, 6) is 1.71. The lowest BCUT2D eigenvalue weighted by atomic mass is 10.1. The van der Waals surface area contributed by atoms with Crippen molar-refractivity contribution in [1.29, 1.82) is 0 Å². The monoisotopic (exact) mass is 215 g/mol. The molecule has 0 aliphatic heterocycles. The zero-order valence-electron chi connectivity index (χ0n) is 9.73. The molecule has 2 rings (SSSR count). The summed E-state index contributed by atoms with van der Waals surface area (Å²) in [6.45, 7) is 4.07. The van der Waals surface area contributed by atoms with Crippen LogP contribution < -0.4 is 5.73 Å². The first-order valence-electron chi connectivity index (χ1n) is 5.65. The lowest BCUT2D eigenvalue weighted by molar-refractivity contribution is 0.491. The Morgan fingerprint density at radius 3 is 2.31 bits per heavy atom. The predicted octanol–water partition coefficient (Wildman–Crippen LogP) is 3.53. The van der Waals surface area contributed by atoms with E-state index in [1.807, 2.05) is 19.1 Å². The molecule has 2 N–H and O–H groups in total. The summed E-state index contributed by atoms with van der Waals surface area (Å²) in [4.78, 5) is 0. The van der Waals surface area contributed by atoms with Crippen molar-refractivity contribution >= 4 is 0 Å². The molecule has 16 heavy (non-hydrogen) atoms. The van der Waals surface area contributed by atoms with Crippen molar-refractivity contribution in [2.75, 3.05) is 0 Å². The quantitative estimate of drug-likeness (QED) is 0.850. The van der Waals surface area contributed by atoms with Crippen LogP contribution in [0.2, 0.25) is 0 Å². The highest BCUT2D eigenvalue weighted by Gasteiger charge is 2.07. The maximum absolute atomic E-state index is 5.76. The Labute approximate surface area is 96.1 Å². The molecular weight excluding hydrogens is 198 g/mol. The van der Waals surface area contributed by atoms with Gasteiger partial charge in [0.05, 0.1) is 6.04 Å². The van der Waals surface area contributed by atoms with Crippen LogP contribution in [0.3, 0.4) is 0 Å². The van der Waals surface area contributed by atoms with Crippen molar-refractivity contribution in [3.05, 3.63) is 47.7 Å². The predicted molar refractivity (Wildman–Crippen MR) is 66.1 cm³/mol. The van der Waals surface area contributed by atoms with E-state index in [1.54, 1.807) is 0 Å². The lowest BCUT2D eigenvalue weighted by Crippen LogP contribution is -2.02. The van der Waals surface area contributed by atoms with Gasteiger partial charge in [-0.3, -0.25) is 0 Å². The summed E-state index contributed by atoms with van der Waals surface area (Å²) in [5, 5.41) is 0. The number of benzene rings is 1. The molecule has 2 nitrogen and oxygen atoms in total. The second-order valence-corrected chi connectivity index (χ2v) is 4.04. The topological polar surface area (TPSA) is 39.2 Å². The smallest absolute Gasteiger partial charge is 0.134 e. The number of aryl methyl sites for hydroxylation is 1. The van der Waals surface area contributed by atoms with Gasteiger partial charge < -0.3 is 10.2 Å². The molecule has 0 saturated carbocycles. The average Bonchev–Trinajstić information content (AvgIpc) is 2.78. The number of nitrogens with two attached hydrogens (primary N) is 1. The molecular formula is C14H17NO. The van der Waals surface area contributed by atoms with E-state index in [-0.39, 0.29) is 6.04 Å². The molecule has 0 aliphatic rings. The van der Waals surface area contributed by atoms with E-state index in [0.29, 0.717) is 0 Å². The minimum absolute atomic E-state index is 0.0522. The largest absolute Gasteiger partial charge is 0.459 e. The van der Waals surface area contributed by atoms with E-state index in [1.165, 1.54) is 5.56 Å². The third-order valence-corrected chi connectivity index (χ3v) is 2.72. The van der Waals surface area contributed by atoms with E-state index in [2.05, 4.69) is 31.2 Å². The van der Waals surface area contributed by atoms with Crippen molar-refractivity contribution in [3.8, 4) is 11.3 Å². The van der Waals surface area contributed by atoms with Gasteiger partial charge >= 0.3 is 0 Å². The van der Waals surface area contributed by atoms with Crippen molar-refractivity contribution < 1.29 is 4.42 Å². The molecule has 1 heterocycles. The molecule has 0 amide bonds. The van der Waals surface area contributed by atoms with Crippen molar-refractivity contribution in [1.82, 2.24) is 0 Å². The molecule has 1 atom stereocenters. The van der Waals surface area contributed by atoms with Crippen molar-refractivity contribution in [2.24, 2.45) is 5.73 Å². The highest BCUT2D eigenvalue weighted by molar-refractivity contribution is 5.58. The summed E-state index contributed by atoms with van der Waals surface area (Å²) >= 11 is 0. The van der Waals surface area contributed by atoms with E-state index in [9.17, 15) is 0 Å². The van der Waals surface area contributed by atoms with E-state index >= 15 is 0 Å². The fourth-order valence-corrected chi connectivity index (χ4v) is 1.66. The first-order valence-corrected chi connectivity index (χ1v) is 5.65. The van der Waals surface area contributed by atoms with Crippen LogP contribution >= 0.6 is 0 Å². The van der Waals surface area contributed by atoms with Gasteiger partial charge in [0.1, 0.15) is 11.5 Å². The first-order chi connectivity index (χ1) is 7.70. The maximum atomic E-state index is 5.76. The third kappa shape index (κ3) is 2.17. The van der Waals surface area contributed by atoms with Crippen LogP contribution in [0, 0.1) is 0 Å². The molecule has 0 saturated heterocycles. The van der Waals surface area contributed by atoms with Gasteiger partial charge in [-0.2, -0.15) is 0 Å². The van der Waals surface area contributed by atoms with Gasteiger partial charge in [0, 0.05) is 5.56 Å². The summed E-state index contributed by atoms with van der Waals surface area (Å²) < 4.78 is 5.68. The van der Waals surface area contributed by atoms with Gasteiger partial charge in [-0.15, -0.1) is 0 Å². The Morgan fingerprint density at radius 2 is 1.81 bits per heavy atom. The Bertz CT molecular complexity index is 454. The van der Waals surface area contributed by atoms with Crippen LogP contribution in [0.5, 0.6) is 0 Å². The zero-order chi connectivity index (χ0) is 11.5. The zero-order valence-corrected chi connectivity index (χ0v) is 9.73. The molecule has 2 heteroatoms. The van der Waals surface area contributed by atoms with Crippen LogP contribution in [0.25, 0.3) is 11.3 Å². The minimum Gasteiger partial charge on any atom is -0.459 e. The highest BCUT2D eigenvalue weighted by Crippen LogP contribution is 2.24. The standard InChI is InChI=1S/C14H17NO/c1-3-11-4-6-12(7-5-11)14-9-8-13(16-14)10(2)15/h4-10H,3,15H2,1-2H3. The number of hydrogen-bond acceptors (Lipinski definition) is 2. The van der Waals surface area contributed by atoms with Crippen molar-refractivity contribution in [2.45, 2.75) is 26.3 Å². The second kappa shape index (κ2) is 4.54. The molecule has 84 valence electrons. The Balaban J connectivity index is 2.28. The van der Waals surface area contributed by atoms with Crippen LogP contribution in [0.1, 0.15) is 31.2 Å². The molecule has 1 unspecified atom stereocenters. The van der Waals surface area contributed by atoms with Gasteiger partial charge in [0.2, 0.25) is 0 Å². The summed E-state index contributed by atoms with van der Waals surface area (Å²) in [6, 6.07) is 12.3. The Kier molecular flexibility index (Phi) is 3.11. The maximum Gasteiger partial charge on any atom is 0.134 e. The molecule has 0 bridgehead atoms. The van der Waals surface area contributed by atoms with Gasteiger partial charge in [0.25, 0.3) is 0 Å². The SMILES string of the molecule is CCc1ccc(-c2ccc(C(C)N)o2)cc1. The number of rotatable bonds is 3. The minimum atomic E-state index is -0.0522. The first kappa shape index (κ1) is 11.0. The van der Waals surface area contributed by atoms with Crippen LogP contribution in [-0.2, 0) is 6.42 Å². The molecule has 1 aromatic heterocycles. The van der Waals surface area contributed by atoms with Gasteiger partial charge in [-0.25, -0.2) is 0 Å². The summed E-state index contributed by atoms with van der Waals surface area (Å²) in [5.41, 5.74) is 8.19. The fourth-order valence-electron chi connectivity index (χ4n) is 1.66. The van der Waals surface area contributed by atoms with E-state index in [0.717, 1.165) is 23.5 Å². The van der Waals surface area contributed by atoms with Crippen molar-refractivity contribution in [3.63, 3.8) is 0 Å². The van der Waals surface area contributed by atoms with Gasteiger partial charge in [-0.05, 0) is 31.0 Å². The number of hydrogen-bond donors (Lipinski definition) is 1. The summed E-state index contributed by atoms with van der Waals surface area (Å²) in [6.07, 6.45) is 1.06. The van der Waals surface area contributed by atoms with Crippen LogP contribution in [0.4, 0.5) is 0 Å². The van der Waals surface area contributed by atoms with Crippen LogP contribution in [0.15, 0.2) is 40.8 Å². The Morgan fingerprint density at radius 1 is 1.12 bits per heavy atom. The van der Waals surface area contributed by atoms with E-state index < -0.39 is 0 Å². The van der Waals surface area contributed by atoms with Gasteiger partial charge in [0.15, 0.2) is 0 Å². The van der Waals surface area contributed by atoms with E-state index in [4.69, 9.17) is 10.2 Å². The highest BCUT2D eigenvalue weighted by atomic mass is 16.3. The van der Waals surface area contributed by atoms with Gasteiger partial charge in [-0.1, -0.05) is 31.2 Å². The second-order valence-electron chi connectivity index (χ2n) is 4.04. The molecule has 0 fully saturated rings. The summed E-state index contributed by atoms with van der Waals surface area (Å²) in [7, 11) is 0. The molecule has 0 radical (unpaired) electrons. The Hall–Kier alpha value is -1.54. The average molecular weight is 215 g/mol. The normalized spacial score (nSPS) is 12.7. The molecule has 0 spiro atoms. The molecule has 0 aliphatic carbocycles. The lowest BCUT2D eigenvalue weighted by Gasteiger charge is -2.01. The number of furan rings is 1.